The first-order chi connectivity index (χ1) is 6.29. The van der Waals surface area contributed by atoms with E-state index in [1.807, 2.05) is 20.8 Å². The number of nitrogens with two attached hydrogens (primary N) is 1. The molecule has 0 aliphatic heterocycles. The van der Waals surface area contributed by atoms with Crippen LogP contribution in [0.25, 0.3) is 11.0 Å². The summed E-state index contributed by atoms with van der Waals surface area (Å²) in [5.41, 5.74) is 7.11. The van der Waals surface area contributed by atoms with Crippen LogP contribution >= 0.6 is 0 Å². The zero-order valence-corrected chi connectivity index (χ0v) is 13.7. The average Bonchev–Trinajstić information content (AvgIpc) is 2.53. The van der Waals surface area contributed by atoms with E-state index in [0.717, 1.165) is 11.1 Å². The Morgan fingerprint density at radius 3 is 2.40 bits per heavy atom. The minimum atomic E-state index is 0. The van der Waals surface area contributed by atoms with Crippen molar-refractivity contribution in [1.29, 1.82) is 0 Å². The van der Waals surface area contributed by atoms with Crippen LogP contribution < -0.4 is 5.73 Å². The van der Waals surface area contributed by atoms with Crippen molar-refractivity contribution in [3.8, 4) is 0 Å². The molecule has 2 aromatic rings. The van der Waals surface area contributed by atoms with Crippen molar-refractivity contribution in [2.45, 2.75) is 20.8 Å². The maximum atomic E-state index is 5.59. The third-order valence-corrected chi connectivity index (χ3v) is 1.56. The zero-order chi connectivity index (χ0) is 9.84. The van der Waals surface area contributed by atoms with Gasteiger partial charge in [-0.2, -0.15) is 5.10 Å². The topological polar surface area (TPSA) is 80.5 Å². The summed E-state index contributed by atoms with van der Waals surface area (Å²) in [6, 6.07) is 0. The van der Waals surface area contributed by atoms with E-state index in [1.165, 1.54) is 6.33 Å². The van der Waals surface area contributed by atoms with Crippen molar-refractivity contribution in [3.63, 3.8) is 0 Å². The molecule has 0 aliphatic carbocycles. The standard InChI is InChI=1S/C6H7N5.C2H6.CH3.U/c1-3-4-5(7)8-2-9-6(4)11-10-3;1-2;;/h2H,1H3,(H3,7,8,9,10,11);1-2H3;1H3;/q;;-1;. The normalized spacial score (nSPS) is 8.20. The summed E-state index contributed by atoms with van der Waals surface area (Å²) >= 11 is 0. The molecule has 2 aromatic heterocycles. The maximum absolute atomic E-state index is 5.59. The van der Waals surface area contributed by atoms with Gasteiger partial charge < -0.3 is 13.2 Å². The molecular weight excluding hydrogens is 416 g/mol. The zero-order valence-electron chi connectivity index (χ0n) is 9.50. The van der Waals surface area contributed by atoms with E-state index >= 15 is 0 Å². The summed E-state index contributed by atoms with van der Waals surface area (Å²) in [5.74, 6) is 0.473. The summed E-state index contributed by atoms with van der Waals surface area (Å²) in [7, 11) is 0. The minimum Gasteiger partial charge on any atom is -0.383 e. The number of H-pyrrole nitrogens is 1. The third-order valence-electron chi connectivity index (χ3n) is 1.56. The van der Waals surface area contributed by atoms with Gasteiger partial charge in [0.05, 0.1) is 5.39 Å². The number of hydrogen-bond acceptors (Lipinski definition) is 4. The van der Waals surface area contributed by atoms with E-state index in [-0.39, 0.29) is 38.5 Å². The van der Waals surface area contributed by atoms with Crippen LogP contribution in [-0.2, 0) is 0 Å². The van der Waals surface area contributed by atoms with Crippen molar-refractivity contribution in [3.05, 3.63) is 19.4 Å². The first kappa shape index (κ1) is 16.8. The van der Waals surface area contributed by atoms with E-state index in [0.29, 0.717) is 11.5 Å². The van der Waals surface area contributed by atoms with Gasteiger partial charge in [0.25, 0.3) is 0 Å². The van der Waals surface area contributed by atoms with E-state index < -0.39 is 0 Å². The second-order valence-corrected chi connectivity index (χ2v) is 2.31. The molecular formula is C9H16N5U-. The van der Waals surface area contributed by atoms with Crippen LogP contribution in [-0.4, -0.2) is 20.2 Å². The van der Waals surface area contributed by atoms with Crippen LogP contribution in [0.3, 0.4) is 0 Å². The molecule has 0 saturated carbocycles. The number of nitrogens with zero attached hydrogens (tertiary/aromatic N) is 3. The number of fused-ring (bicyclic) bond motifs is 1. The number of nitrogen functional groups attached to an aromatic ring is 1. The number of aromatic nitrogens is 4. The van der Waals surface area contributed by atoms with Crippen LogP contribution in [0.1, 0.15) is 19.5 Å². The van der Waals surface area contributed by atoms with Gasteiger partial charge in [0.1, 0.15) is 12.1 Å². The number of aryl methyl sites for hydroxylation is 1. The molecule has 0 bridgehead atoms. The number of nitrogens with one attached hydrogen (secondary N) is 1. The first-order valence-electron chi connectivity index (χ1n) is 4.20. The number of anilines is 1. The average molecular weight is 432 g/mol. The molecule has 0 spiro atoms. The van der Waals surface area contributed by atoms with Crippen molar-refractivity contribution in [1.82, 2.24) is 20.2 Å². The van der Waals surface area contributed by atoms with Crippen molar-refractivity contribution in [2.24, 2.45) is 0 Å². The van der Waals surface area contributed by atoms with Gasteiger partial charge in [-0.3, -0.25) is 5.10 Å². The summed E-state index contributed by atoms with van der Waals surface area (Å²) < 4.78 is 0. The molecule has 6 heteroatoms. The van der Waals surface area contributed by atoms with Gasteiger partial charge in [0.2, 0.25) is 0 Å². The van der Waals surface area contributed by atoms with Gasteiger partial charge in [0, 0.05) is 36.8 Å². The van der Waals surface area contributed by atoms with E-state index in [4.69, 9.17) is 5.73 Å². The third kappa shape index (κ3) is 3.47. The minimum absolute atomic E-state index is 0. The molecule has 2 heterocycles. The van der Waals surface area contributed by atoms with Gasteiger partial charge in [0.15, 0.2) is 5.65 Å². The Balaban J connectivity index is 0. The number of hydrogen-bond donors (Lipinski definition) is 2. The van der Waals surface area contributed by atoms with Gasteiger partial charge in [-0.05, 0) is 6.92 Å². The molecule has 3 N–H and O–H groups in total. The molecule has 0 amide bonds. The van der Waals surface area contributed by atoms with Gasteiger partial charge in [-0.1, -0.05) is 13.8 Å². The molecule has 0 saturated heterocycles. The fourth-order valence-electron chi connectivity index (χ4n) is 1.03. The van der Waals surface area contributed by atoms with Crippen molar-refractivity contribution < 1.29 is 31.1 Å². The molecule has 0 radical (unpaired) electrons. The molecule has 0 atom stereocenters. The SMILES string of the molecule is CC.Cc1[nH]nc2ncnc(N)c12.[CH3-].[U]. The fourth-order valence-corrected chi connectivity index (χ4v) is 1.03. The van der Waals surface area contributed by atoms with E-state index in [9.17, 15) is 0 Å². The molecule has 15 heavy (non-hydrogen) atoms. The molecule has 82 valence electrons. The fraction of sp³-hybridized carbons (Fsp3) is 0.333. The molecule has 2 rings (SSSR count). The second kappa shape index (κ2) is 7.66. The smallest absolute Gasteiger partial charge is 0.186 e. The van der Waals surface area contributed by atoms with Crippen LogP contribution in [0.5, 0.6) is 0 Å². The molecule has 0 unspecified atom stereocenters. The van der Waals surface area contributed by atoms with Crippen LogP contribution in [0.15, 0.2) is 6.33 Å². The Kier molecular flexibility index (Phi) is 8.59. The van der Waals surface area contributed by atoms with Crippen LogP contribution in [0.2, 0.25) is 0 Å². The van der Waals surface area contributed by atoms with Gasteiger partial charge in [-0.25, -0.2) is 9.97 Å². The number of aromatic amines is 1. The maximum Gasteiger partial charge on any atom is 0.186 e. The van der Waals surface area contributed by atoms with Crippen LogP contribution in [0, 0.1) is 45.5 Å². The van der Waals surface area contributed by atoms with Gasteiger partial charge in [-0.15, -0.1) is 0 Å². The summed E-state index contributed by atoms with van der Waals surface area (Å²) in [5, 5.41) is 7.52. The number of rotatable bonds is 0. The summed E-state index contributed by atoms with van der Waals surface area (Å²) in [4.78, 5) is 7.78. The molecule has 5 nitrogen and oxygen atoms in total. The van der Waals surface area contributed by atoms with E-state index in [1.54, 1.807) is 0 Å². The monoisotopic (exact) mass is 432 g/mol. The molecule has 0 aliphatic rings. The Morgan fingerprint density at radius 2 is 1.87 bits per heavy atom. The Morgan fingerprint density at radius 1 is 1.27 bits per heavy atom. The van der Waals surface area contributed by atoms with Crippen molar-refractivity contribution >= 4 is 16.9 Å². The van der Waals surface area contributed by atoms with Gasteiger partial charge >= 0.3 is 0 Å². The Bertz CT molecular complexity index is 398. The predicted molar refractivity (Wildman–Crippen MR) is 58.6 cm³/mol. The second-order valence-electron chi connectivity index (χ2n) is 2.31. The molecule has 0 aromatic carbocycles. The van der Waals surface area contributed by atoms with Crippen molar-refractivity contribution in [2.75, 3.05) is 5.73 Å². The molecule has 0 fully saturated rings. The predicted octanol–water partition coefficient (Wildman–Crippen LogP) is 1.72. The van der Waals surface area contributed by atoms with E-state index in [2.05, 4.69) is 20.2 Å². The summed E-state index contributed by atoms with van der Waals surface area (Å²) in [6.45, 7) is 5.88. The Labute approximate surface area is 114 Å². The first-order valence-corrected chi connectivity index (χ1v) is 4.20. The summed E-state index contributed by atoms with van der Waals surface area (Å²) in [6.07, 6.45) is 1.40. The van der Waals surface area contributed by atoms with Crippen LogP contribution in [0.4, 0.5) is 5.82 Å². The largest absolute Gasteiger partial charge is 0.383 e. The Hall–Kier alpha value is -0.598. The quantitative estimate of drug-likeness (QED) is 0.622.